The topological polar surface area (TPSA) is 103 Å². The maximum Gasteiger partial charge on any atom is 0.337 e. The first-order chi connectivity index (χ1) is 7.97. The number of carboxylic acids is 1. The summed E-state index contributed by atoms with van der Waals surface area (Å²) in [6.45, 7) is 1.86. The molecule has 0 fully saturated rings. The third-order valence-electron chi connectivity index (χ3n) is 2.56. The second-order valence-electron chi connectivity index (χ2n) is 3.76. The van der Waals surface area contributed by atoms with E-state index in [-0.39, 0.29) is 17.3 Å². The molecule has 0 aromatic carbocycles. The van der Waals surface area contributed by atoms with Crippen LogP contribution in [-0.4, -0.2) is 29.1 Å². The van der Waals surface area contributed by atoms with Crippen molar-refractivity contribution in [2.24, 2.45) is 0 Å². The zero-order valence-electron chi connectivity index (χ0n) is 9.71. The molecule has 1 atom stereocenters. The molecule has 1 heterocycles. The van der Waals surface area contributed by atoms with Gasteiger partial charge in [0.05, 0.1) is 29.9 Å². The number of nitrogen functional groups attached to an aromatic ring is 1. The second-order valence-corrected chi connectivity index (χ2v) is 3.76. The van der Waals surface area contributed by atoms with Gasteiger partial charge in [-0.1, -0.05) is 0 Å². The average molecular weight is 234 g/mol. The van der Waals surface area contributed by atoms with Gasteiger partial charge in [-0.3, -0.25) is 0 Å². The fourth-order valence-corrected chi connectivity index (χ4v) is 1.33. The number of nitrogens with two attached hydrogens (primary N) is 1. The molecule has 0 bridgehead atoms. The Morgan fingerprint density at radius 1 is 1.76 bits per heavy atom. The van der Waals surface area contributed by atoms with Crippen LogP contribution in [0.4, 0.5) is 11.5 Å². The number of pyridine rings is 1. The molecule has 6 nitrogen and oxygen atoms in total. The number of rotatable bonds is 4. The van der Waals surface area contributed by atoms with Gasteiger partial charge < -0.3 is 15.7 Å². The SMILES string of the molecule is CC(CC#N)N(C)c1cc(C(=O)O)c(N)cn1. The Morgan fingerprint density at radius 2 is 2.41 bits per heavy atom. The number of hydrogen-bond acceptors (Lipinski definition) is 5. The standard InChI is InChI=1S/C11H14N4O2/c1-7(3-4-12)15(2)10-5-8(11(16)17)9(13)6-14-10/h5-7H,3,13H2,1-2H3,(H,16,17). The van der Waals surface area contributed by atoms with E-state index >= 15 is 0 Å². The lowest BCUT2D eigenvalue weighted by atomic mass is 10.2. The van der Waals surface area contributed by atoms with E-state index in [9.17, 15) is 4.79 Å². The van der Waals surface area contributed by atoms with Gasteiger partial charge >= 0.3 is 5.97 Å². The number of nitrogens with zero attached hydrogens (tertiary/aromatic N) is 3. The maximum absolute atomic E-state index is 10.9. The Morgan fingerprint density at radius 3 is 2.94 bits per heavy atom. The van der Waals surface area contributed by atoms with Crippen LogP contribution in [0.2, 0.25) is 0 Å². The molecule has 0 saturated carbocycles. The molecule has 0 aliphatic rings. The van der Waals surface area contributed by atoms with Crippen molar-refractivity contribution in [2.45, 2.75) is 19.4 Å². The molecule has 1 unspecified atom stereocenters. The van der Waals surface area contributed by atoms with E-state index in [4.69, 9.17) is 16.1 Å². The summed E-state index contributed by atoms with van der Waals surface area (Å²) >= 11 is 0. The first-order valence-electron chi connectivity index (χ1n) is 5.06. The van der Waals surface area contributed by atoms with Crippen LogP contribution in [0.5, 0.6) is 0 Å². The molecule has 1 rings (SSSR count). The molecular formula is C11H14N4O2. The minimum absolute atomic E-state index is 0.0195. The van der Waals surface area contributed by atoms with Gasteiger partial charge in [0.15, 0.2) is 0 Å². The predicted molar refractivity (Wildman–Crippen MR) is 63.7 cm³/mol. The van der Waals surface area contributed by atoms with Crippen LogP contribution in [0, 0.1) is 11.3 Å². The van der Waals surface area contributed by atoms with Crippen LogP contribution in [0.15, 0.2) is 12.3 Å². The lowest BCUT2D eigenvalue weighted by molar-refractivity contribution is 0.0698. The second kappa shape index (κ2) is 5.16. The molecule has 1 aromatic heterocycles. The monoisotopic (exact) mass is 234 g/mol. The van der Waals surface area contributed by atoms with E-state index in [0.717, 1.165) is 0 Å². The first kappa shape index (κ1) is 12.8. The third-order valence-corrected chi connectivity index (χ3v) is 2.56. The molecule has 0 radical (unpaired) electrons. The number of hydrogen-bond donors (Lipinski definition) is 2. The summed E-state index contributed by atoms with van der Waals surface area (Å²) in [4.78, 5) is 16.7. The molecule has 90 valence electrons. The van der Waals surface area contributed by atoms with Crippen molar-refractivity contribution in [3.8, 4) is 6.07 Å². The third kappa shape index (κ3) is 2.84. The highest BCUT2D eigenvalue weighted by Crippen LogP contribution is 2.19. The number of anilines is 2. The molecule has 0 spiro atoms. The maximum atomic E-state index is 10.9. The summed E-state index contributed by atoms with van der Waals surface area (Å²) in [5, 5.41) is 17.5. The molecule has 3 N–H and O–H groups in total. The number of aromatic carboxylic acids is 1. The molecule has 0 aliphatic carbocycles. The Balaban J connectivity index is 3.04. The van der Waals surface area contributed by atoms with Crippen molar-refractivity contribution in [2.75, 3.05) is 17.7 Å². The molecule has 0 amide bonds. The summed E-state index contributed by atoms with van der Waals surface area (Å²) in [7, 11) is 1.76. The lowest BCUT2D eigenvalue weighted by Crippen LogP contribution is -2.29. The zero-order chi connectivity index (χ0) is 13.0. The number of carbonyl (C=O) groups is 1. The minimum atomic E-state index is -1.09. The summed E-state index contributed by atoms with van der Waals surface area (Å²) in [6, 6.07) is 3.42. The van der Waals surface area contributed by atoms with E-state index in [1.807, 2.05) is 6.92 Å². The van der Waals surface area contributed by atoms with E-state index in [1.54, 1.807) is 11.9 Å². The van der Waals surface area contributed by atoms with Gasteiger partial charge in [0, 0.05) is 13.1 Å². The van der Waals surface area contributed by atoms with Gasteiger partial charge in [-0.15, -0.1) is 0 Å². The first-order valence-corrected chi connectivity index (χ1v) is 5.06. The Kier molecular flexibility index (Phi) is 3.88. The van der Waals surface area contributed by atoms with E-state index in [2.05, 4.69) is 11.1 Å². The Hall–Kier alpha value is -2.29. The molecule has 1 aromatic rings. The van der Waals surface area contributed by atoms with Crippen molar-refractivity contribution in [3.63, 3.8) is 0 Å². The van der Waals surface area contributed by atoms with Crippen molar-refractivity contribution in [3.05, 3.63) is 17.8 Å². The minimum Gasteiger partial charge on any atom is -0.478 e. The quantitative estimate of drug-likeness (QED) is 0.808. The molecule has 0 aliphatic heterocycles. The van der Waals surface area contributed by atoms with Crippen LogP contribution in [0.25, 0.3) is 0 Å². The van der Waals surface area contributed by atoms with Crippen molar-refractivity contribution in [1.82, 2.24) is 4.98 Å². The van der Waals surface area contributed by atoms with Gasteiger partial charge in [0.25, 0.3) is 0 Å². The van der Waals surface area contributed by atoms with Crippen LogP contribution in [-0.2, 0) is 0 Å². The number of carboxylic acid groups (broad SMARTS) is 1. The highest BCUT2D eigenvalue weighted by atomic mass is 16.4. The largest absolute Gasteiger partial charge is 0.478 e. The van der Waals surface area contributed by atoms with Gasteiger partial charge in [0.2, 0.25) is 0 Å². The molecular weight excluding hydrogens is 220 g/mol. The van der Waals surface area contributed by atoms with Crippen LogP contribution >= 0.6 is 0 Å². The Bertz CT molecular complexity index is 467. The van der Waals surface area contributed by atoms with Crippen LogP contribution in [0.3, 0.4) is 0 Å². The summed E-state index contributed by atoms with van der Waals surface area (Å²) in [5.41, 5.74) is 5.66. The van der Waals surface area contributed by atoms with E-state index in [0.29, 0.717) is 12.2 Å². The van der Waals surface area contributed by atoms with Gasteiger partial charge in [-0.25, -0.2) is 9.78 Å². The number of nitriles is 1. The zero-order valence-corrected chi connectivity index (χ0v) is 9.71. The highest BCUT2D eigenvalue weighted by Gasteiger charge is 2.15. The number of aromatic nitrogens is 1. The van der Waals surface area contributed by atoms with Crippen molar-refractivity contribution in [1.29, 1.82) is 5.26 Å². The average Bonchev–Trinajstić information content (AvgIpc) is 2.28. The van der Waals surface area contributed by atoms with Gasteiger partial charge in [0.1, 0.15) is 5.82 Å². The fraction of sp³-hybridized carbons (Fsp3) is 0.364. The lowest BCUT2D eigenvalue weighted by Gasteiger charge is -2.24. The van der Waals surface area contributed by atoms with E-state index in [1.165, 1.54) is 12.3 Å². The Labute approximate surface area is 99.3 Å². The van der Waals surface area contributed by atoms with Crippen molar-refractivity contribution < 1.29 is 9.90 Å². The molecule has 17 heavy (non-hydrogen) atoms. The summed E-state index contributed by atoms with van der Waals surface area (Å²) in [6.07, 6.45) is 1.65. The van der Waals surface area contributed by atoms with Gasteiger partial charge in [-0.2, -0.15) is 5.26 Å². The van der Waals surface area contributed by atoms with Gasteiger partial charge in [-0.05, 0) is 13.0 Å². The summed E-state index contributed by atoms with van der Waals surface area (Å²) in [5.74, 6) is -0.605. The highest BCUT2D eigenvalue weighted by molar-refractivity contribution is 5.94. The van der Waals surface area contributed by atoms with Crippen LogP contribution in [0.1, 0.15) is 23.7 Å². The molecule has 6 heteroatoms. The van der Waals surface area contributed by atoms with Crippen LogP contribution < -0.4 is 10.6 Å². The van der Waals surface area contributed by atoms with Crippen molar-refractivity contribution >= 4 is 17.5 Å². The fourth-order valence-electron chi connectivity index (χ4n) is 1.33. The smallest absolute Gasteiger partial charge is 0.337 e. The van der Waals surface area contributed by atoms with E-state index < -0.39 is 5.97 Å². The normalized spacial score (nSPS) is 11.6. The molecule has 0 saturated heterocycles. The summed E-state index contributed by atoms with van der Waals surface area (Å²) < 4.78 is 0. The predicted octanol–water partition coefficient (Wildman–Crippen LogP) is 1.10.